The number of anilines is 1. The van der Waals surface area contributed by atoms with Crippen molar-refractivity contribution < 1.29 is 4.79 Å². The summed E-state index contributed by atoms with van der Waals surface area (Å²) in [7, 11) is 0. The number of amides is 1. The molecule has 1 aliphatic rings. The third-order valence-corrected chi connectivity index (χ3v) is 5.34. The number of carbonyl (C=O) groups excluding carboxylic acids is 1. The zero-order valence-electron chi connectivity index (χ0n) is 13.7. The van der Waals surface area contributed by atoms with Gasteiger partial charge in [0, 0.05) is 17.9 Å². The van der Waals surface area contributed by atoms with E-state index in [1.165, 1.54) is 11.1 Å². The summed E-state index contributed by atoms with van der Waals surface area (Å²) in [5.74, 6) is 0.942. The minimum Gasteiger partial charge on any atom is -0.310 e. The van der Waals surface area contributed by atoms with Crippen molar-refractivity contribution in [2.75, 3.05) is 5.32 Å². The number of thiophene rings is 1. The number of fused-ring (bicyclic) bond motifs is 1. The van der Waals surface area contributed by atoms with Gasteiger partial charge in [0.1, 0.15) is 5.82 Å². The van der Waals surface area contributed by atoms with Crippen LogP contribution in [-0.2, 0) is 11.2 Å². The largest absolute Gasteiger partial charge is 0.310 e. The second kappa shape index (κ2) is 5.91. The van der Waals surface area contributed by atoms with Crippen LogP contribution in [0.3, 0.4) is 0 Å². The van der Waals surface area contributed by atoms with E-state index in [0.717, 1.165) is 29.2 Å². The fraction of sp³-hybridized carbons (Fsp3) is 0.263. The molecule has 1 aromatic carbocycles. The van der Waals surface area contributed by atoms with Crippen molar-refractivity contribution >= 4 is 23.1 Å². The first-order valence-electron chi connectivity index (χ1n) is 8.18. The number of benzene rings is 1. The minimum atomic E-state index is 0.0463. The van der Waals surface area contributed by atoms with Crippen molar-refractivity contribution in [3.8, 4) is 5.69 Å². The molecule has 0 bridgehead atoms. The molecule has 1 aliphatic heterocycles. The fourth-order valence-corrected chi connectivity index (χ4v) is 4.08. The van der Waals surface area contributed by atoms with Crippen molar-refractivity contribution in [2.45, 2.75) is 32.6 Å². The Morgan fingerprint density at radius 2 is 2.08 bits per heavy atom. The number of nitrogens with zero attached hydrogens (tertiary/aromatic N) is 2. The summed E-state index contributed by atoms with van der Waals surface area (Å²) in [4.78, 5) is 12.3. The van der Waals surface area contributed by atoms with Gasteiger partial charge in [0.2, 0.25) is 5.91 Å². The van der Waals surface area contributed by atoms with E-state index in [4.69, 9.17) is 5.10 Å². The molecule has 1 unspecified atom stereocenters. The molecule has 0 saturated carbocycles. The lowest BCUT2D eigenvalue weighted by atomic mass is 9.87. The molecule has 1 atom stereocenters. The van der Waals surface area contributed by atoms with E-state index in [1.807, 2.05) is 11.6 Å². The number of hydrogen-bond acceptors (Lipinski definition) is 3. The molecular formula is C19H19N3OS. The van der Waals surface area contributed by atoms with Gasteiger partial charge in [0.25, 0.3) is 0 Å². The van der Waals surface area contributed by atoms with Gasteiger partial charge < -0.3 is 5.32 Å². The lowest BCUT2D eigenvalue weighted by Gasteiger charge is -2.23. The molecule has 0 fully saturated rings. The number of rotatable bonds is 3. The Balaban J connectivity index is 1.84. The van der Waals surface area contributed by atoms with Crippen LogP contribution in [0.4, 0.5) is 5.82 Å². The predicted molar refractivity (Wildman–Crippen MR) is 97.1 cm³/mol. The zero-order chi connectivity index (χ0) is 16.7. The van der Waals surface area contributed by atoms with Gasteiger partial charge >= 0.3 is 0 Å². The second-order valence-electron chi connectivity index (χ2n) is 6.14. The first-order chi connectivity index (χ1) is 11.7. The Morgan fingerprint density at radius 1 is 1.29 bits per heavy atom. The number of aromatic nitrogens is 2. The van der Waals surface area contributed by atoms with Crippen LogP contribution in [-0.4, -0.2) is 15.7 Å². The van der Waals surface area contributed by atoms with Gasteiger partial charge in [-0.25, -0.2) is 4.68 Å². The maximum atomic E-state index is 12.3. The lowest BCUT2D eigenvalue weighted by Crippen LogP contribution is -2.24. The quantitative estimate of drug-likeness (QED) is 0.775. The van der Waals surface area contributed by atoms with Crippen molar-refractivity contribution in [1.29, 1.82) is 0 Å². The van der Waals surface area contributed by atoms with Crippen LogP contribution in [0, 0.1) is 6.92 Å². The van der Waals surface area contributed by atoms with E-state index in [2.05, 4.69) is 53.3 Å². The van der Waals surface area contributed by atoms with Gasteiger partial charge in [0.05, 0.1) is 11.4 Å². The van der Waals surface area contributed by atoms with E-state index in [9.17, 15) is 4.79 Å². The van der Waals surface area contributed by atoms with Gasteiger partial charge in [-0.3, -0.25) is 4.79 Å². The van der Waals surface area contributed by atoms with Gasteiger partial charge in [-0.15, -0.1) is 0 Å². The van der Waals surface area contributed by atoms with Crippen LogP contribution in [0.5, 0.6) is 0 Å². The monoisotopic (exact) mass is 337 g/mol. The highest BCUT2D eigenvalue weighted by molar-refractivity contribution is 7.08. The Kier molecular flexibility index (Phi) is 3.73. The number of aryl methyl sites for hydroxylation is 2. The van der Waals surface area contributed by atoms with E-state index in [1.54, 1.807) is 11.3 Å². The van der Waals surface area contributed by atoms with Gasteiger partial charge in [-0.1, -0.05) is 19.1 Å². The maximum absolute atomic E-state index is 12.3. The van der Waals surface area contributed by atoms with Crippen LogP contribution >= 0.6 is 11.3 Å². The average Bonchev–Trinajstić information content (AvgIpc) is 3.23. The normalized spacial score (nSPS) is 16.8. The van der Waals surface area contributed by atoms with Gasteiger partial charge in [-0.2, -0.15) is 16.4 Å². The van der Waals surface area contributed by atoms with Crippen molar-refractivity contribution in [2.24, 2.45) is 0 Å². The third-order valence-electron chi connectivity index (χ3n) is 4.64. The molecule has 0 saturated heterocycles. The molecule has 0 radical (unpaired) electrons. The van der Waals surface area contributed by atoms with E-state index >= 15 is 0 Å². The summed E-state index contributed by atoms with van der Waals surface area (Å²) in [6.07, 6.45) is 1.48. The molecule has 1 amide bonds. The van der Waals surface area contributed by atoms with Crippen LogP contribution in [0.25, 0.3) is 5.69 Å². The minimum absolute atomic E-state index is 0.0463. The Hall–Kier alpha value is -2.40. The second-order valence-corrected chi connectivity index (χ2v) is 6.92. The predicted octanol–water partition coefficient (Wildman–Crippen LogP) is 4.28. The van der Waals surface area contributed by atoms with Crippen molar-refractivity contribution in [3.05, 3.63) is 63.5 Å². The Labute approximate surface area is 145 Å². The molecule has 0 aliphatic carbocycles. The van der Waals surface area contributed by atoms with E-state index in [-0.39, 0.29) is 11.8 Å². The zero-order valence-corrected chi connectivity index (χ0v) is 14.6. The van der Waals surface area contributed by atoms with E-state index < -0.39 is 0 Å². The Bertz CT molecular complexity index is 878. The van der Waals surface area contributed by atoms with Crippen LogP contribution in [0.1, 0.15) is 41.6 Å². The molecule has 3 heterocycles. The summed E-state index contributed by atoms with van der Waals surface area (Å²) < 4.78 is 1.86. The Morgan fingerprint density at radius 3 is 2.75 bits per heavy atom. The number of hydrogen-bond donors (Lipinski definition) is 1. The summed E-state index contributed by atoms with van der Waals surface area (Å²) in [6, 6.07) is 10.4. The fourth-order valence-electron chi connectivity index (χ4n) is 3.36. The molecule has 0 spiro atoms. The van der Waals surface area contributed by atoms with Crippen LogP contribution in [0.15, 0.2) is 41.1 Å². The van der Waals surface area contributed by atoms with Crippen molar-refractivity contribution in [3.63, 3.8) is 0 Å². The highest BCUT2D eigenvalue weighted by atomic mass is 32.1. The molecule has 2 aromatic heterocycles. The highest BCUT2D eigenvalue weighted by Gasteiger charge is 2.32. The summed E-state index contributed by atoms with van der Waals surface area (Å²) in [5, 5.41) is 11.9. The SMILES string of the molecule is CCc1ccc(-n2nc(C)c3c2NC(=O)CC3c2ccsc2)cc1. The molecular weight excluding hydrogens is 318 g/mol. The molecule has 5 heteroatoms. The van der Waals surface area contributed by atoms with Gasteiger partial charge in [0.15, 0.2) is 0 Å². The molecule has 122 valence electrons. The van der Waals surface area contributed by atoms with Crippen molar-refractivity contribution in [1.82, 2.24) is 9.78 Å². The number of nitrogens with one attached hydrogen (secondary N) is 1. The average molecular weight is 337 g/mol. The van der Waals surface area contributed by atoms with Crippen LogP contribution < -0.4 is 5.32 Å². The summed E-state index contributed by atoms with van der Waals surface area (Å²) >= 11 is 1.66. The molecule has 24 heavy (non-hydrogen) atoms. The van der Waals surface area contributed by atoms with E-state index in [0.29, 0.717) is 6.42 Å². The molecule has 3 aromatic rings. The highest BCUT2D eigenvalue weighted by Crippen LogP contribution is 2.40. The van der Waals surface area contributed by atoms with Crippen LogP contribution in [0.2, 0.25) is 0 Å². The summed E-state index contributed by atoms with van der Waals surface area (Å²) in [5.41, 5.74) is 5.56. The molecule has 4 rings (SSSR count). The smallest absolute Gasteiger partial charge is 0.226 e. The number of carbonyl (C=O) groups is 1. The van der Waals surface area contributed by atoms with Gasteiger partial charge in [-0.05, 0) is 53.4 Å². The molecule has 4 nitrogen and oxygen atoms in total. The topological polar surface area (TPSA) is 46.9 Å². The third kappa shape index (κ3) is 2.45. The first kappa shape index (κ1) is 15.1. The molecule has 1 N–H and O–H groups in total. The first-order valence-corrected chi connectivity index (χ1v) is 9.12. The lowest BCUT2D eigenvalue weighted by molar-refractivity contribution is -0.116. The maximum Gasteiger partial charge on any atom is 0.226 e. The summed E-state index contributed by atoms with van der Waals surface area (Å²) in [6.45, 7) is 4.16. The standard InChI is InChI=1S/C19H19N3OS/c1-3-13-4-6-15(7-5-13)22-19-18(12(2)21-22)16(10-17(23)20-19)14-8-9-24-11-14/h4-9,11,16H,3,10H2,1-2H3,(H,20,23).